The van der Waals surface area contributed by atoms with Gasteiger partial charge in [0.15, 0.2) is 0 Å². The van der Waals surface area contributed by atoms with Crippen molar-refractivity contribution >= 4 is 0 Å². The van der Waals surface area contributed by atoms with Gasteiger partial charge in [-0.25, -0.2) is 0 Å². The first-order valence-corrected chi connectivity index (χ1v) is 5.97. The van der Waals surface area contributed by atoms with Crippen molar-refractivity contribution in [2.45, 2.75) is 20.8 Å². The van der Waals surface area contributed by atoms with Crippen LogP contribution in [-0.2, 0) is 0 Å². The van der Waals surface area contributed by atoms with E-state index in [-0.39, 0.29) is 0 Å². The Morgan fingerprint density at radius 2 is 0.933 bits per heavy atom. The van der Waals surface area contributed by atoms with E-state index in [2.05, 4.69) is 40.8 Å². The minimum Gasteiger partial charge on any atom is -0.323 e. The summed E-state index contributed by atoms with van der Waals surface area (Å²) in [5.74, 6) is 0. The standard InChI is InChI=1S/C9H21N3.C2H7N/c1-4-10-7-11(5-2)9-12(6-3)8-10;1-3-2/h4-9H2,1-3H3;3H,1-2H3. The zero-order chi connectivity index (χ0) is 11.7. The zero-order valence-electron chi connectivity index (χ0n) is 11.1. The highest BCUT2D eigenvalue weighted by atomic mass is 15.5. The molecule has 0 atom stereocenters. The van der Waals surface area contributed by atoms with Crippen LogP contribution in [0.15, 0.2) is 0 Å². The molecule has 0 aliphatic carbocycles. The van der Waals surface area contributed by atoms with Crippen LogP contribution < -0.4 is 5.32 Å². The normalized spacial score (nSPS) is 19.8. The second kappa shape index (κ2) is 9.09. The summed E-state index contributed by atoms with van der Waals surface area (Å²) < 4.78 is 0. The number of hydrogen-bond acceptors (Lipinski definition) is 4. The van der Waals surface area contributed by atoms with Crippen molar-refractivity contribution < 1.29 is 0 Å². The molecule has 0 aromatic carbocycles. The van der Waals surface area contributed by atoms with Crippen LogP contribution in [-0.4, -0.2) is 68.4 Å². The summed E-state index contributed by atoms with van der Waals surface area (Å²) in [5, 5.41) is 2.75. The SMILES string of the molecule is CCN1CN(CC)CN(CC)C1.CNC. The summed E-state index contributed by atoms with van der Waals surface area (Å²) in [7, 11) is 3.75. The van der Waals surface area contributed by atoms with Gasteiger partial charge in [0.25, 0.3) is 0 Å². The zero-order valence-corrected chi connectivity index (χ0v) is 11.1. The summed E-state index contributed by atoms with van der Waals surface area (Å²) in [6.45, 7) is 13.6. The van der Waals surface area contributed by atoms with E-state index >= 15 is 0 Å². The average Bonchev–Trinajstić information content (AvgIpc) is 2.29. The highest BCUT2D eigenvalue weighted by Gasteiger charge is 2.19. The van der Waals surface area contributed by atoms with Gasteiger partial charge >= 0.3 is 0 Å². The minimum absolute atomic E-state index is 1.14. The molecule has 1 rings (SSSR count). The van der Waals surface area contributed by atoms with Crippen LogP contribution in [0.4, 0.5) is 0 Å². The maximum atomic E-state index is 2.75. The van der Waals surface area contributed by atoms with E-state index in [1.165, 1.54) is 0 Å². The second-order valence-electron chi connectivity index (χ2n) is 3.89. The summed E-state index contributed by atoms with van der Waals surface area (Å²) in [4.78, 5) is 7.41. The van der Waals surface area contributed by atoms with E-state index in [0.717, 1.165) is 39.6 Å². The predicted octanol–water partition coefficient (Wildman–Crippen LogP) is 0.674. The predicted molar refractivity (Wildman–Crippen MR) is 66.7 cm³/mol. The van der Waals surface area contributed by atoms with Crippen LogP contribution in [0.3, 0.4) is 0 Å². The highest BCUT2D eigenvalue weighted by molar-refractivity contribution is 4.66. The summed E-state index contributed by atoms with van der Waals surface area (Å²) in [6.07, 6.45) is 0. The Morgan fingerprint density at radius 3 is 1.07 bits per heavy atom. The molecule has 0 amide bonds. The average molecular weight is 216 g/mol. The van der Waals surface area contributed by atoms with Crippen LogP contribution >= 0.6 is 0 Å². The molecule has 4 nitrogen and oxygen atoms in total. The fourth-order valence-corrected chi connectivity index (χ4v) is 1.58. The molecule has 1 heterocycles. The topological polar surface area (TPSA) is 21.8 Å². The maximum Gasteiger partial charge on any atom is 0.0529 e. The van der Waals surface area contributed by atoms with Crippen LogP contribution in [0.2, 0.25) is 0 Å². The van der Waals surface area contributed by atoms with E-state index in [4.69, 9.17) is 0 Å². The molecule has 0 spiro atoms. The molecule has 92 valence electrons. The second-order valence-corrected chi connectivity index (χ2v) is 3.89. The van der Waals surface area contributed by atoms with Gasteiger partial charge in [-0.1, -0.05) is 20.8 Å². The van der Waals surface area contributed by atoms with E-state index in [9.17, 15) is 0 Å². The van der Waals surface area contributed by atoms with Crippen LogP contribution in [0.5, 0.6) is 0 Å². The third kappa shape index (κ3) is 6.10. The molecule has 0 aromatic heterocycles. The smallest absolute Gasteiger partial charge is 0.0529 e. The molecule has 0 radical (unpaired) electrons. The molecule has 1 saturated heterocycles. The van der Waals surface area contributed by atoms with E-state index in [1.807, 2.05) is 14.1 Å². The molecule has 1 fully saturated rings. The Morgan fingerprint density at radius 1 is 0.733 bits per heavy atom. The third-order valence-electron chi connectivity index (χ3n) is 2.54. The molecular formula is C11H28N4. The molecule has 1 aliphatic rings. The van der Waals surface area contributed by atoms with Gasteiger partial charge in [0, 0.05) is 0 Å². The van der Waals surface area contributed by atoms with Crippen molar-refractivity contribution in [2.24, 2.45) is 0 Å². The van der Waals surface area contributed by atoms with Crippen molar-refractivity contribution in [3.05, 3.63) is 0 Å². The highest BCUT2D eigenvalue weighted by Crippen LogP contribution is 2.05. The van der Waals surface area contributed by atoms with Gasteiger partial charge < -0.3 is 5.32 Å². The van der Waals surface area contributed by atoms with Crippen LogP contribution in [0, 0.1) is 0 Å². The lowest BCUT2D eigenvalue weighted by molar-refractivity contribution is -0.0212. The van der Waals surface area contributed by atoms with Crippen molar-refractivity contribution in [1.82, 2.24) is 20.0 Å². The van der Waals surface area contributed by atoms with Crippen molar-refractivity contribution in [2.75, 3.05) is 53.7 Å². The lowest BCUT2D eigenvalue weighted by Gasteiger charge is -2.41. The molecule has 1 N–H and O–H groups in total. The third-order valence-corrected chi connectivity index (χ3v) is 2.54. The molecule has 0 unspecified atom stereocenters. The quantitative estimate of drug-likeness (QED) is 0.748. The first-order valence-electron chi connectivity index (χ1n) is 5.97. The Labute approximate surface area is 95.2 Å². The minimum atomic E-state index is 1.14. The summed E-state index contributed by atoms with van der Waals surface area (Å²) >= 11 is 0. The lowest BCUT2D eigenvalue weighted by Crippen LogP contribution is -2.54. The largest absolute Gasteiger partial charge is 0.323 e. The fraction of sp³-hybridized carbons (Fsp3) is 1.00. The number of nitrogens with zero attached hydrogens (tertiary/aromatic N) is 3. The molecule has 1 aliphatic heterocycles. The van der Waals surface area contributed by atoms with Crippen molar-refractivity contribution in [3.63, 3.8) is 0 Å². The first-order chi connectivity index (χ1) is 7.21. The van der Waals surface area contributed by atoms with E-state index in [1.54, 1.807) is 0 Å². The molecule has 0 aromatic rings. The van der Waals surface area contributed by atoms with Crippen molar-refractivity contribution in [1.29, 1.82) is 0 Å². The fourth-order valence-electron chi connectivity index (χ4n) is 1.58. The maximum absolute atomic E-state index is 2.75. The van der Waals surface area contributed by atoms with Gasteiger partial charge in [-0.3, -0.25) is 14.7 Å². The monoisotopic (exact) mass is 216 g/mol. The summed E-state index contributed by atoms with van der Waals surface area (Å²) in [5.41, 5.74) is 0. The van der Waals surface area contributed by atoms with Gasteiger partial charge in [0.1, 0.15) is 0 Å². The van der Waals surface area contributed by atoms with Gasteiger partial charge in [-0.05, 0) is 33.7 Å². The van der Waals surface area contributed by atoms with Crippen molar-refractivity contribution in [3.8, 4) is 0 Å². The Kier molecular flexibility index (Phi) is 9.00. The van der Waals surface area contributed by atoms with E-state index < -0.39 is 0 Å². The molecule has 15 heavy (non-hydrogen) atoms. The molecule has 0 saturated carbocycles. The number of hydrogen-bond donors (Lipinski definition) is 1. The number of nitrogens with one attached hydrogen (secondary N) is 1. The van der Waals surface area contributed by atoms with E-state index in [0.29, 0.717) is 0 Å². The first kappa shape index (κ1) is 14.8. The van der Waals surface area contributed by atoms with Gasteiger partial charge in [0.2, 0.25) is 0 Å². The Bertz CT molecular complexity index is 111. The number of rotatable bonds is 3. The lowest BCUT2D eigenvalue weighted by atomic mass is 10.4. The van der Waals surface area contributed by atoms with Gasteiger partial charge in [-0.15, -0.1) is 0 Å². The Balaban J connectivity index is 0.000000583. The van der Waals surface area contributed by atoms with Gasteiger partial charge in [-0.2, -0.15) is 0 Å². The summed E-state index contributed by atoms with van der Waals surface area (Å²) in [6, 6.07) is 0. The molecule has 4 heteroatoms. The molecular weight excluding hydrogens is 188 g/mol. The molecule has 0 bridgehead atoms. The van der Waals surface area contributed by atoms with Gasteiger partial charge in [0.05, 0.1) is 20.0 Å². The van der Waals surface area contributed by atoms with Crippen LogP contribution in [0.25, 0.3) is 0 Å². The Hall–Kier alpha value is -0.160. The van der Waals surface area contributed by atoms with Crippen LogP contribution in [0.1, 0.15) is 20.8 Å².